The zero-order valence-corrected chi connectivity index (χ0v) is 11.4. The number of nitrogen functional groups attached to an aromatic ring is 1. The van der Waals surface area contributed by atoms with Gasteiger partial charge in [-0.2, -0.15) is 0 Å². The number of nitrogens with zero attached hydrogens (tertiary/aromatic N) is 1. The van der Waals surface area contributed by atoms with Crippen LogP contribution in [0.4, 0.5) is 11.5 Å². The van der Waals surface area contributed by atoms with E-state index < -0.39 is 0 Å². The van der Waals surface area contributed by atoms with Crippen molar-refractivity contribution in [3.05, 3.63) is 17.3 Å². The van der Waals surface area contributed by atoms with Crippen LogP contribution in [0, 0.1) is 5.92 Å². The van der Waals surface area contributed by atoms with Gasteiger partial charge in [0.05, 0.1) is 12.1 Å². The molecule has 1 aliphatic rings. The number of nitrogens with one attached hydrogen (secondary N) is 1. The smallest absolute Gasteiger partial charge is 0.133 e. The summed E-state index contributed by atoms with van der Waals surface area (Å²) in [5.41, 5.74) is 6.04. The summed E-state index contributed by atoms with van der Waals surface area (Å²) >= 11 is 5.89. The molecule has 4 N–H and O–H groups in total. The van der Waals surface area contributed by atoms with Crippen LogP contribution < -0.4 is 11.1 Å². The van der Waals surface area contributed by atoms with Gasteiger partial charge in [-0.15, -0.1) is 0 Å². The average Bonchev–Trinajstić information content (AvgIpc) is 2.27. The Morgan fingerprint density at radius 1 is 1.61 bits per heavy atom. The van der Waals surface area contributed by atoms with Crippen LogP contribution in [0.3, 0.4) is 0 Å². The molecule has 0 radical (unpaired) electrons. The van der Waals surface area contributed by atoms with E-state index in [2.05, 4.69) is 17.2 Å². The lowest BCUT2D eigenvalue weighted by atomic mass is 9.77. The predicted molar refractivity (Wildman–Crippen MR) is 74.7 cm³/mol. The van der Waals surface area contributed by atoms with Gasteiger partial charge in [-0.1, -0.05) is 31.4 Å². The molecule has 5 heteroatoms. The van der Waals surface area contributed by atoms with Gasteiger partial charge >= 0.3 is 0 Å². The Bertz CT molecular complexity index is 406. The number of anilines is 2. The van der Waals surface area contributed by atoms with Crippen LogP contribution in [0.5, 0.6) is 0 Å². The second-order valence-electron chi connectivity index (χ2n) is 5.37. The van der Waals surface area contributed by atoms with E-state index in [0.29, 0.717) is 22.6 Å². The van der Waals surface area contributed by atoms with E-state index in [-0.39, 0.29) is 12.1 Å². The predicted octanol–water partition coefficient (Wildman–Crippen LogP) is 2.67. The number of hydrogen-bond donors (Lipinski definition) is 3. The van der Waals surface area contributed by atoms with Gasteiger partial charge in [0, 0.05) is 11.8 Å². The third-order valence-corrected chi connectivity index (χ3v) is 3.80. The molecule has 2 rings (SSSR count). The summed E-state index contributed by atoms with van der Waals surface area (Å²) in [5.74, 6) is 1.25. The van der Waals surface area contributed by atoms with E-state index in [1.54, 1.807) is 12.1 Å². The lowest BCUT2D eigenvalue weighted by Gasteiger charge is -2.39. The van der Waals surface area contributed by atoms with Crippen molar-refractivity contribution in [2.24, 2.45) is 5.92 Å². The molecule has 1 aliphatic carbocycles. The molecule has 2 unspecified atom stereocenters. The first-order chi connectivity index (χ1) is 8.53. The molecule has 0 aromatic carbocycles. The summed E-state index contributed by atoms with van der Waals surface area (Å²) in [4.78, 5) is 4.21. The zero-order valence-electron chi connectivity index (χ0n) is 10.6. The Morgan fingerprint density at radius 2 is 2.39 bits per heavy atom. The summed E-state index contributed by atoms with van der Waals surface area (Å²) in [6.45, 7) is 2.32. The maximum atomic E-state index is 9.70. The van der Waals surface area contributed by atoms with Gasteiger partial charge in [-0.25, -0.2) is 4.98 Å². The number of pyridine rings is 1. The molecule has 1 aromatic rings. The lowest BCUT2D eigenvalue weighted by Crippen LogP contribution is -2.46. The van der Waals surface area contributed by atoms with Crippen molar-refractivity contribution in [2.45, 2.75) is 38.1 Å². The highest BCUT2D eigenvalue weighted by molar-refractivity contribution is 6.29. The van der Waals surface area contributed by atoms with Gasteiger partial charge in [-0.3, -0.25) is 0 Å². The highest BCUT2D eigenvalue weighted by Crippen LogP contribution is 2.34. The molecule has 1 heterocycles. The van der Waals surface area contributed by atoms with Crippen molar-refractivity contribution < 1.29 is 5.11 Å². The van der Waals surface area contributed by atoms with Gasteiger partial charge in [-0.05, 0) is 24.8 Å². The van der Waals surface area contributed by atoms with Crippen LogP contribution in [0.25, 0.3) is 0 Å². The Hall–Kier alpha value is -1.00. The van der Waals surface area contributed by atoms with Crippen LogP contribution in [0.1, 0.15) is 32.6 Å². The third-order valence-electron chi connectivity index (χ3n) is 3.60. The minimum atomic E-state index is -0.290. The molecule has 4 nitrogen and oxygen atoms in total. The number of aliphatic hydroxyl groups is 1. The summed E-state index contributed by atoms with van der Waals surface area (Å²) in [6, 6.07) is 3.37. The third kappa shape index (κ3) is 3.06. The topological polar surface area (TPSA) is 71.2 Å². The number of rotatable bonds is 3. The maximum Gasteiger partial charge on any atom is 0.133 e. The second-order valence-corrected chi connectivity index (χ2v) is 5.76. The Balaban J connectivity index is 2.18. The molecule has 1 fully saturated rings. The Kier molecular flexibility index (Phi) is 3.97. The van der Waals surface area contributed by atoms with Gasteiger partial charge in [0.2, 0.25) is 0 Å². The maximum absolute atomic E-state index is 9.70. The Morgan fingerprint density at radius 3 is 3.00 bits per heavy atom. The minimum absolute atomic E-state index is 0.103. The molecule has 0 spiro atoms. The Labute approximate surface area is 113 Å². The highest BCUT2D eigenvalue weighted by Gasteiger charge is 2.34. The number of aromatic nitrogens is 1. The van der Waals surface area contributed by atoms with Crippen LogP contribution in [0.2, 0.25) is 5.15 Å². The number of halogens is 1. The normalized spacial score (nSPS) is 28.1. The molecule has 100 valence electrons. The largest absolute Gasteiger partial charge is 0.399 e. The van der Waals surface area contributed by atoms with Crippen LogP contribution in [0.15, 0.2) is 12.1 Å². The van der Waals surface area contributed by atoms with E-state index >= 15 is 0 Å². The van der Waals surface area contributed by atoms with Crippen molar-refractivity contribution >= 4 is 23.1 Å². The highest BCUT2D eigenvalue weighted by atomic mass is 35.5. The van der Waals surface area contributed by atoms with Gasteiger partial charge < -0.3 is 16.2 Å². The molecular formula is C13H20ClN3O. The summed E-state index contributed by atoms with van der Waals surface area (Å²) < 4.78 is 0. The van der Waals surface area contributed by atoms with Crippen molar-refractivity contribution in [1.82, 2.24) is 4.98 Å². The van der Waals surface area contributed by atoms with Crippen LogP contribution in [-0.4, -0.2) is 22.2 Å². The first-order valence-corrected chi connectivity index (χ1v) is 6.73. The molecule has 2 atom stereocenters. The average molecular weight is 270 g/mol. The van der Waals surface area contributed by atoms with E-state index in [0.717, 1.165) is 19.3 Å². The van der Waals surface area contributed by atoms with Crippen molar-refractivity contribution in [3.63, 3.8) is 0 Å². The zero-order chi connectivity index (χ0) is 13.2. The molecule has 1 aromatic heterocycles. The quantitative estimate of drug-likeness (QED) is 0.738. The molecule has 18 heavy (non-hydrogen) atoms. The summed E-state index contributed by atoms with van der Waals surface area (Å²) in [7, 11) is 0. The fourth-order valence-electron chi connectivity index (χ4n) is 2.81. The van der Waals surface area contributed by atoms with E-state index in [1.165, 1.54) is 6.42 Å². The van der Waals surface area contributed by atoms with Crippen LogP contribution >= 0.6 is 11.6 Å². The monoisotopic (exact) mass is 269 g/mol. The molecule has 0 bridgehead atoms. The van der Waals surface area contributed by atoms with Gasteiger partial charge in [0.1, 0.15) is 11.0 Å². The molecule has 0 saturated heterocycles. The van der Waals surface area contributed by atoms with E-state index in [9.17, 15) is 5.11 Å². The van der Waals surface area contributed by atoms with Crippen LogP contribution in [-0.2, 0) is 0 Å². The first-order valence-electron chi connectivity index (χ1n) is 6.35. The van der Waals surface area contributed by atoms with Crippen molar-refractivity contribution in [1.29, 1.82) is 0 Å². The second kappa shape index (κ2) is 5.33. The fraction of sp³-hybridized carbons (Fsp3) is 0.615. The molecule has 0 aliphatic heterocycles. The standard InChI is InChI=1S/C13H20ClN3O/c1-9-3-2-4-13(7-9,8-18)17-12-6-10(15)5-11(14)16-12/h5-6,9,18H,2-4,7-8H2,1H3,(H3,15,16,17). The van der Waals surface area contributed by atoms with Crippen molar-refractivity contribution in [3.8, 4) is 0 Å². The van der Waals surface area contributed by atoms with Gasteiger partial charge in [0.25, 0.3) is 0 Å². The molecule has 1 saturated carbocycles. The molecular weight excluding hydrogens is 250 g/mol. The van der Waals surface area contributed by atoms with E-state index in [1.807, 2.05) is 0 Å². The molecule has 0 amide bonds. The summed E-state index contributed by atoms with van der Waals surface area (Å²) in [5, 5.41) is 13.4. The fourth-order valence-corrected chi connectivity index (χ4v) is 3.03. The lowest BCUT2D eigenvalue weighted by molar-refractivity contribution is 0.149. The first kappa shape index (κ1) is 13.4. The summed E-state index contributed by atoms with van der Waals surface area (Å²) in [6.07, 6.45) is 4.22. The SMILES string of the molecule is CC1CCCC(CO)(Nc2cc(N)cc(Cl)n2)C1. The number of nitrogens with two attached hydrogens (primary N) is 1. The minimum Gasteiger partial charge on any atom is -0.399 e. The van der Waals surface area contributed by atoms with Crippen molar-refractivity contribution in [2.75, 3.05) is 17.7 Å². The van der Waals surface area contributed by atoms with E-state index in [4.69, 9.17) is 17.3 Å². The van der Waals surface area contributed by atoms with Gasteiger partial charge in [0.15, 0.2) is 0 Å². The number of hydrogen-bond acceptors (Lipinski definition) is 4. The number of aliphatic hydroxyl groups excluding tert-OH is 1.